The molecule has 0 atom stereocenters. The molecule has 0 fully saturated rings. The number of benzene rings is 3. The molecule has 1 heterocycles. The molecule has 4 aromatic rings. The molecule has 0 saturated carbocycles. The molecule has 0 radical (unpaired) electrons. The van der Waals surface area contributed by atoms with Gasteiger partial charge < -0.3 is 10.1 Å². The number of rotatable bonds is 5. The lowest BCUT2D eigenvalue weighted by molar-refractivity contribution is 0.0950. The molecule has 0 saturated heterocycles. The largest absolute Gasteiger partial charge is 0.438 e. The number of carbonyl (C=O) groups excluding carboxylic acids is 1. The Balaban J connectivity index is 1.54. The summed E-state index contributed by atoms with van der Waals surface area (Å²) in [6, 6.07) is 22.7. The quantitative estimate of drug-likeness (QED) is 0.556. The van der Waals surface area contributed by atoms with Crippen molar-refractivity contribution in [3.8, 4) is 11.6 Å². The van der Waals surface area contributed by atoms with Crippen molar-refractivity contribution in [1.82, 2.24) is 15.3 Å². The molecule has 5 heteroatoms. The Labute approximate surface area is 163 Å². The average molecular weight is 369 g/mol. The van der Waals surface area contributed by atoms with Crippen LogP contribution in [0.3, 0.4) is 0 Å². The fraction of sp³-hybridized carbons (Fsp3) is 0.0870. The van der Waals surface area contributed by atoms with Gasteiger partial charge in [0, 0.05) is 12.1 Å². The van der Waals surface area contributed by atoms with Gasteiger partial charge in [-0.05, 0) is 42.3 Å². The van der Waals surface area contributed by atoms with E-state index in [-0.39, 0.29) is 5.91 Å². The first kappa shape index (κ1) is 17.7. The van der Waals surface area contributed by atoms with Crippen LogP contribution in [0, 0.1) is 6.92 Å². The summed E-state index contributed by atoms with van der Waals surface area (Å²) in [4.78, 5) is 21.1. The summed E-state index contributed by atoms with van der Waals surface area (Å²) in [5.74, 6) is 0.874. The van der Waals surface area contributed by atoms with Crippen LogP contribution in [0.1, 0.15) is 21.5 Å². The smallest absolute Gasteiger partial charge is 0.251 e. The van der Waals surface area contributed by atoms with Crippen molar-refractivity contribution >= 4 is 16.8 Å². The summed E-state index contributed by atoms with van der Waals surface area (Å²) >= 11 is 0. The van der Waals surface area contributed by atoms with Gasteiger partial charge in [0.2, 0.25) is 5.88 Å². The van der Waals surface area contributed by atoms with Crippen LogP contribution >= 0.6 is 0 Å². The van der Waals surface area contributed by atoms with Gasteiger partial charge in [-0.15, -0.1) is 0 Å². The minimum atomic E-state index is -0.155. The summed E-state index contributed by atoms with van der Waals surface area (Å²) in [6.45, 7) is 2.46. The van der Waals surface area contributed by atoms with Gasteiger partial charge in [-0.1, -0.05) is 48.5 Å². The van der Waals surface area contributed by atoms with Crippen molar-refractivity contribution in [3.63, 3.8) is 0 Å². The Hall–Kier alpha value is -3.73. The number of ether oxygens (including phenoxy) is 1. The van der Waals surface area contributed by atoms with Gasteiger partial charge in [0.05, 0.1) is 10.9 Å². The maximum atomic E-state index is 12.5. The van der Waals surface area contributed by atoms with Crippen LogP contribution in [0.2, 0.25) is 0 Å². The van der Waals surface area contributed by atoms with Gasteiger partial charge in [0.25, 0.3) is 5.91 Å². The molecule has 0 spiro atoms. The number of nitrogens with one attached hydrogen (secondary N) is 1. The van der Waals surface area contributed by atoms with Crippen molar-refractivity contribution in [1.29, 1.82) is 0 Å². The maximum Gasteiger partial charge on any atom is 0.251 e. The van der Waals surface area contributed by atoms with Crippen LogP contribution < -0.4 is 10.1 Å². The van der Waals surface area contributed by atoms with Crippen LogP contribution in [0.4, 0.5) is 0 Å². The lowest BCUT2D eigenvalue weighted by Gasteiger charge is -2.10. The lowest BCUT2D eigenvalue weighted by Crippen LogP contribution is -2.22. The third kappa shape index (κ3) is 3.83. The predicted molar refractivity (Wildman–Crippen MR) is 108 cm³/mol. The fourth-order valence-electron chi connectivity index (χ4n) is 3.02. The number of aryl methyl sites for hydroxylation is 1. The summed E-state index contributed by atoms with van der Waals surface area (Å²) < 4.78 is 5.99. The number of nitrogens with zero attached hydrogens (tertiary/aromatic N) is 2. The number of amides is 1. The predicted octanol–water partition coefficient (Wildman–Crippen LogP) is 4.66. The molecule has 3 aromatic carbocycles. The summed E-state index contributed by atoms with van der Waals surface area (Å²) in [6.07, 6.45) is 1.48. The molecule has 0 aliphatic carbocycles. The first-order chi connectivity index (χ1) is 13.7. The van der Waals surface area contributed by atoms with Crippen molar-refractivity contribution in [2.75, 3.05) is 0 Å². The van der Waals surface area contributed by atoms with Gasteiger partial charge >= 0.3 is 0 Å². The first-order valence-electron chi connectivity index (χ1n) is 9.01. The van der Waals surface area contributed by atoms with Crippen LogP contribution in [0.15, 0.2) is 79.1 Å². The SMILES string of the molecule is Cc1cccc2ncnc(Oc3cccc(C(=O)NCc4ccccc4)c3)c12. The van der Waals surface area contributed by atoms with Gasteiger partial charge in [0.1, 0.15) is 12.1 Å². The van der Waals surface area contributed by atoms with E-state index in [1.807, 2.05) is 55.5 Å². The summed E-state index contributed by atoms with van der Waals surface area (Å²) in [5.41, 5.74) is 3.43. The maximum absolute atomic E-state index is 12.5. The van der Waals surface area contributed by atoms with Crippen LogP contribution in [-0.2, 0) is 6.54 Å². The van der Waals surface area contributed by atoms with E-state index in [0.29, 0.717) is 23.7 Å². The number of hydrogen-bond acceptors (Lipinski definition) is 4. The summed E-state index contributed by atoms with van der Waals surface area (Å²) in [7, 11) is 0. The fourth-order valence-corrected chi connectivity index (χ4v) is 3.02. The van der Waals surface area contributed by atoms with E-state index in [2.05, 4.69) is 15.3 Å². The Morgan fingerprint density at radius 3 is 2.64 bits per heavy atom. The van der Waals surface area contributed by atoms with Crippen molar-refractivity contribution in [2.45, 2.75) is 13.5 Å². The van der Waals surface area contributed by atoms with Crippen LogP contribution in [-0.4, -0.2) is 15.9 Å². The minimum Gasteiger partial charge on any atom is -0.438 e. The van der Waals surface area contributed by atoms with E-state index in [1.54, 1.807) is 24.3 Å². The van der Waals surface area contributed by atoms with Gasteiger partial charge in [0.15, 0.2) is 0 Å². The molecule has 1 N–H and O–H groups in total. The van der Waals surface area contributed by atoms with E-state index < -0.39 is 0 Å². The van der Waals surface area contributed by atoms with Crippen LogP contribution in [0.5, 0.6) is 11.6 Å². The third-order valence-corrected chi connectivity index (χ3v) is 4.44. The Morgan fingerprint density at radius 2 is 1.79 bits per heavy atom. The number of fused-ring (bicyclic) bond motifs is 1. The highest BCUT2D eigenvalue weighted by molar-refractivity contribution is 5.94. The second kappa shape index (κ2) is 7.88. The molecular weight excluding hydrogens is 350 g/mol. The van der Waals surface area contributed by atoms with Crippen molar-refractivity contribution in [2.24, 2.45) is 0 Å². The minimum absolute atomic E-state index is 0.155. The third-order valence-electron chi connectivity index (χ3n) is 4.44. The zero-order chi connectivity index (χ0) is 19.3. The number of carbonyl (C=O) groups is 1. The second-order valence-corrected chi connectivity index (χ2v) is 6.45. The number of hydrogen-bond donors (Lipinski definition) is 1. The van der Waals surface area contributed by atoms with E-state index in [0.717, 1.165) is 22.0 Å². The molecule has 0 aliphatic heterocycles. The second-order valence-electron chi connectivity index (χ2n) is 6.45. The molecule has 0 bridgehead atoms. The molecule has 4 rings (SSSR count). The van der Waals surface area contributed by atoms with Gasteiger partial charge in [-0.25, -0.2) is 9.97 Å². The van der Waals surface area contributed by atoms with Crippen molar-refractivity contribution < 1.29 is 9.53 Å². The zero-order valence-corrected chi connectivity index (χ0v) is 15.4. The molecular formula is C23H19N3O2. The van der Waals surface area contributed by atoms with E-state index >= 15 is 0 Å². The van der Waals surface area contributed by atoms with E-state index in [4.69, 9.17) is 4.74 Å². The highest BCUT2D eigenvalue weighted by Crippen LogP contribution is 2.29. The molecule has 1 aromatic heterocycles. The van der Waals surface area contributed by atoms with Crippen molar-refractivity contribution in [3.05, 3.63) is 95.8 Å². The molecule has 1 amide bonds. The molecule has 138 valence electrons. The standard InChI is InChI=1S/C23H19N3O2/c1-16-7-5-12-20-21(16)23(26-15-25-20)28-19-11-6-10-18(13-19)22(27)24-14-17-8-3-2-4-9-17/h2-13,15H,14H2,1H3,(H,24,27). The topological polar surface area (TPSA) is 64.1 Å². The van der Waals surface area contributed by atoms with Gasteiger partial charge in [-0.3, -0.25) is 4.79 Å². The summed E-state index contributed by atoms with van der Waals surface area (Å²) in [5, 5.41) is 3.79. The highest BCUT2D eigenvalue weighted by Gasteiger charge is 2.11. The monoisotopic (exact) mass is 369 g/mol. The molecule has 28 heavy (non-hydrogen) atoms. The van der Waals surface area contributed by atoms with Crippen LogP contribution in [0.25, 0.3) is 10.9 Å². The lowest BCUT2D eigenvalue weighted by atomic mass is 10.1. The van der Waals surface area contributed by atoms with E-state index in [9.17, 15) is 4.79 Å². The Bertz CT molecular complexity index is 1120. The van der Waals surface area contributed by atoms with Gasteiger partial charge in [-0.2, -0.15) is 0 Å². The Morgan fingerprint density at radius 1 is 0.964 bits per heavy atom. The average Bonchev–Trinajstić information content (AvgIpc) is 2.73. The molecule has 0 unspecified atom stereocenters. The first-order valence-corrected chi connectivity index (χ1v) is 9.01. The highest BCUT2D eigenvalue weighted by atomic mass is 16.5. The number of aromatic nitrogens is 2. The Kier molecular flexibility index (Phi) is 4.97. The van der Waals surface area contributed by atoms with E-state index in [1.165, 1.54) is 6.33 Å². The molecule has 5 nitrogen and oxygen atoms in total. The zero-order valence-electron chi connectivity index (χ0n) is 15.4. The molecule has 0 aliphatic rings. The normalized spacial score (nSPS) is 10.6.